The average molecular weight is 253 g/mol. The van der Waals surface area contributed by atoms with Crippen molar-refractivity contribution in [2.75, 3.05) is 0 Å². The second-order valence-electron chi connectivity index (χ2n) is 6.04. The zero-order valence-corrected chi connectivity index (χ0v) is 12.3. The molecule has 0 aliphatic heterocycles. The minimum absolute atomic E-state index is 0.307. The number of hydrogen-bond acceptors (Lipinski definition) is 1. The van der Waals surface area contributed by atoms with Crippen LogP contribution in [0.5, 0.6) is 0 Å². The minimum atomic E-state index is -0.307. The second-order valence-corrected chi connectivity index (χ2v) is 6.04. The third-order valence-corrected chi connectivity index (χ3v) is 3.50. The van der Waals surface area contributed by atoms with Crippen molar-refractivity contribution in [3.63, 3.8) is 0 Å². The summed E-state index contributed by atoms with van der Waals surface area (Å²) >= 11 is 0. The van der Waals surface area contributed by atoms with Crippen molar-refractivity contribution in [2.24, 2.45) is 5.73 Å². The number of benzene rings is 2. The molecule has 2 N–H and O–H groups in total. The van der Waals surface area contributed by atoms with Gasteiger partial charge in [-0.05, 0) is 48.1 Å². The van der Waals surface area contributed by atoms with E-state index in [-0.39, 0.29) is 5.54 Å². The van der Waals surface area contributed by atoms with E-state index < -0.39 is 0 Å². The van der Waals surface area contributed by atoms with Gasteiger partial charge in [0.15, 0.2) is 0 Å². The van der Waals surface area contributed by atoms with Crippen LogP contribution < -0.4 is 5.73 Å². The molecule has 0 atom stereocenters. The zero-order valence-electron chi connectivity index (χ0n) is 12.3. The molecular formula is C18H23N. The van der Waals surface area contributed by atoms with Crippen molar-refractivity contribution in [2.45, 2.75) is 39.2 Å². The first kappa shape index (κ1) is 13.8. The van der Waals surface area contributed by atoms with Gasteiger partial charge in [0, 0.05) is 5.54 Å². The van der Waals surface area contributed by atoms with Crippen LogP contribution in [0.3, 0.4) is 0 Å². The molecule has 2 rings (SSSR count). The van der Waals surface area contributed by atoms with Gasteiger partial charge >= 0.3 is 0 Å². The Morgan fingerprint density at radius 1 is 0.947 bits per heavy atom. The van der Waals surface area contributed by atoms with Crippen molar-refractivity contribution < 1.29 is 0 Å². The van der Waals surface area contributed by atoms with Gasteiger partial charge in [0.25, 0.3) is 0 Å². The Kier molecular flexibility index (Phi) is 3.77. The second kappa shape index (κ2) is 5.18. The number of rotatable bonds is 3. The highest BCUT2D eigenvalue weighted by Crippen LogP contribution is 2.32. The molecule has 0 spiro atoms. The van der Waals surface area contributed by atoms with E-state index in [1.54, 1.807) is 0 Å². The van der Waals surface area contributed by atoms with Crippen LogP contribution in [0.25, 0.3) is 11.1 Å². The van der Waals surface area contributed by atoms with Gasteiger partial charge in [-0.2, -0.15) is 0 Å². The molecule has 1 nitrogen and oxygen atoms in total. The van der Waals surface area contributed by atoms with E-state index in [0.717, 1.165) is 0 Å². The lowest BCUT2D eigenvalue weighted by atomic mass is 9.86. The summed E-state index contributed by atoms with van der Waals surface area (Å²) in [7, 11) is 0. The fraction of sp³-hybridized carbons (Fsp3) is 0.333. The van der Waals surface area contributed by atoms with Gasteiger partial charge in [-0.3, -0.25) is 0 Å². The summed E-state index contributed by atoms with van der Waals surface area (Å²) in [6.07, 6.45) is 0. The summed E-state index contributed by atoms with van der Waals surface area (Å²) in [6.45, 7) is 8.56. The zero-order chi connectivity index (χ0) is 14.0. The Balaban J connectivity index is 2.61. The highest BCUT2D eigenvalue weighted by atomic mass is 14.7. The minimum Gasteiger partial charge on any atom is -0.322 e. The van der Waals surface area contributed by atoms with Crippen LogP contribution >= 0.6 is 0 Å². The normalized spacial score (nSPS) is 11.9. The van der Waals surface area contributed by atoms with Gasteiger partial charge in [0.2, 0.25) is 0 Å². The van der Waals surface area contributed by atoms with Crippen LogP contribution in [0.4, 0.5) is 0 Å². The van der Waals surface area contributed by atoms with Gasteiger partial charge < -0.3 is 5.73 Å². The highest BCUT2D eigenvalue weighted by molar-refractivity contribution is 5.69. The van der Waals surface area contributed by atoms with Crippen LogP contribution in [-0.4, -0.2) is 0 Å². The molecule has 19 heavy (non-hydrogen) atoms. The maximum absolute atomic E-state index is 6.23. The van der Waals surface area contributed by atoms with Crippen LogP contribution in [0.1, 0.15) is 44.7 Å². The molecule has 0 aliphatic carbocycles. The Morgan fingerprint density at radius 3 is 2.11 bits per heavy atom. The third kappa shape index (κ3) is 3.05. The van der Waals surface area contributed by atoms with Gasteiger partial charge in [0.05, 0.1) is 0 Å². The molecule has 0 saturated heterocycles. The van der Waals surface area contributed by atoms with E-state index in [0.29, 0.717) is 5.92 Å². The monoisotopic (exact) mass is 253 g/mol. The Bertz CT molecular complexity index is 548. The van der Waals surface area contributed by atoms with Gasteiger partial charge in [0.1, 0.15) is 0 Å². The van der Waals surface area contributed by atoms with Crippen molar-refractivity contribution in [3.05, 3.63) is 59.7 Å². The molecule has 1 heteroatoms. The van der Waals surface area contributed by atoms with Gasteiger partial charge in [-0.1, -0.05) is 56.3 Å². The largest absolute Gasteiger partial charge is 0.322 e. The molecule has 0 saturated carbocycles. The molecule has 0 aromatic heterocycles. The number of hydrogen-bond donors (Lipinski definition) is 1. The first-order valence-electron chi connectivity index (χ1n) is 6.88. The summed E-state index contributed by atoms with van der Waals surface area (Å²) in [6, 6.07) is 17.2. The van der Waals surface area contributed by atoms with E-state index in [1.807, 2.05) is 13.8 Å². The fourth-order valence-corrected chi connectivity index (χ4v) is 2.33. The van der Waals surface area contributed by atoms with Crippen molar-refractivity contribution in [1.82, 2.24) is 0 Å². The topological polar surface area (TPSA) is 26.0 Å². The predicted molar refractivity (Wildman–Crippen MR) is 83.2 cm³/mol. The Morgan fingerprint density at radius 2 is 1.58 bits per heavy atom. The smallest absolute Gasteiger partial charge is 0.0352 e. The predicted octanol–water partition coefficient (Wildman–Crippen LogP) is 4.67. The Hall–Kier alpha value is -1.60. The molecule has 0 bridgehead atoms. The summed E-state index contributed by atoms with van der Waals surface area (Å²) < 4.78 is 0. The molecule has 0 heterocycles. The maximum Gasteiger partial charge on any atom is 0.0352 e. The SMILES string of the molecule is CC(C)c1ccc(C(C)(C)N)cc1-c1ccccc1. The molecule has 2 aromatic carbocycles. The standard InChI is InChI=1S/C18H23N/c1-13(2)16-11-10-15(18(3,4)19)12-17(16)14-8-6-5-7-9-14/h5-13H,19H2,1-4H3. The quantitative estimate of drug-likeness (QED) is 0.845. The molecule has 100 valence electrons. The van der Waals surface area contributed by atoms with Crippen molar-refractivity contribution in [3.8, 4) is 11.1 Å². The number of nitrogens with two attached hydrogens (primary N) is 1. The molecule has 0 radical (unpaired) electrons. The van der Waals surface area contributed by atoms with E-state index >= 15 is 0 Å². The van der Waals surface area contributed by atoms with Crippen LogP contribution in [0, 0.1) is 0 Å². The fourth-order valence-electron chi connectivity index (χ4n) is 2.33. The van der Waals surface area contributed by atoms with Crippen LogP contribution in [0.15, 0.2) is 48.5 Å². The van der Waals surface area contributed by atoms with Gasteiger partial charge in [-0.15, -0.1) is 0 Å². The maximum atomic E-state index is 6.23. The lowest BCUT2D eigenvalue weighted by molar-refractivity contribution is 0.554. The molecule has 0 unspecified atom stereocenters. The third-order valence-electron chi connectivity index (χ3n) is 3.50. The molecule has 0 aliphatic rings. The van der Waals surface area contributed by atoms with Crippen LogP contribution in [0.2, 0.25) is 0 Å². The summed E-state index contributed by atoms with van der Waals surface area (Å²) in [5.41, 5.74) is 11.0. The summed E-state index contributed by atoms with van der Waals surface area (Å²) in [5, 5.41) is 0. The van der Waals surface area contributed by atoms with E-state index in [9.17, 15) is 0 Å². The van der Waals surface area contributed by atoms with E-state index in [2.05, 4.69) is 62.4 Å². The lowest BCUT2D eigenvalue weighted by Gasteiger charge is -2.22. The summed E-state index contributed by atoms with van der Waals surface area (Å²) in [5.74, 6) is 0.505. The first-order chi connectivity index (χ1) is 8.89. The first-order valence-corrected chi connectivity index (χ1v) is 6.88. The highest BCUT2D eigenvalue weighted by Gasteiger charge is 2.17. The van der Waals surface area contributed by atoms with Crippen LogP contribution in [-0.2, 0) is 5.54 Å². The lowest BCUT2D eigenvalue weighted by Crippen LogP contribution is -2.28. The van der Waals surface area contributed by atoms with Gasteiger partial charge in [-0.25, -0.2) is 0 Å². The van der Waals surface area contributed by atoms with Crippen molar-refractivity contribution >= 4 is 0 Å². The molecule has 0 amide bonds. The average Bonchev–Trinajstić information content (AvgIpc) is 2.38. The molecular weight excluding hydrogens is 230 g/mol. The van der Waals surface area contributed by atoms with E-state index in [4.69, 9.17) is 5.73 Å². The Labute approximate surface area is 116 Å². The summed E-state index contributed by atoms with van der Waals surface area (Å²) in [4.78, 5) is 0. The molecule has 0 fully saturated rings. The van der Waals surface area contributed by atoms with Crippen molar-refractivity contribution in [1.29, 1.82) is 0 Å². The molecule has 2 aromatic rings. The van der Waals surface area contributed by atoms with E-state index in [1.165, 1.54) is 22.3 Å².